The number of hydrogen-bond donors (Lipinski definition) is 1. The topological polar surface area (TPSA) is 42.2 Å². The lowest BCUT2D eigenvalue weighted by molar-refractivity contribution is 0.168. The van der Waals surface area contributed by atoms with Crippen molar-refractivity contribution in [2.75, 3.05) is 19.5 Å². The van der Waals surface area contributed by atoms with E-state index >= 15 is 0 Å². The van der Waals surface area contributed by atoms with Gasteiger partial charge in [0.05, 0.1) is 25.3 Å². The van der Waals surface area contributed by atoms with Crippen molar-refractivity contribution in [1.29, 1.82) is 5.26 Å². The molecule has 0 spiro atoms. The van der Waals surface area contributed by atoms with Crippen molar-refractivity contribution in [1.82, 2.24) is 0 Å². The van der Waals surface area contributed by atoms with E-state index in [9.17, 15) is 0 Å². The molecule has 1 aliphatic rings. The highest BCUT2D eigenvalue weighted by atomic mass is 32.1. The van der Waals surface area contributed by atoms with E-state index in [-0.39, 0.29) is 5.41 Å². The molecule has 0 bridgehead atoms. The molecule has 1 aliphatic carbocycles. The Labute approximate surface area is 119 Å². The van der Waals surface area contributed by atoms with Crippen LogP contribution in [0.4, 0.5) is 0 Å². The average Bonchev–Trinajstić information content (AvgIpc) is 2.94. The van der Waals surface area contributed by atoms with Gasteiger partial charge in [0, 0.05) is 11.5 Å². The number of hydrogen-bond acceptors (Lipinski definition) is 4. The molecule has 102 valence electrons. The number of methoxy groups -OCH3 is 1. The summed E-state index contributed by atoms with van der Waals surface area (Å²) in [5.74, 6) is 2.17. The van der Waals surface area contributed by atoms with E-state index in [2.05, 4.69) is 18.7 Å². The number of benzene rings is 1. The minimum absolute atomic E-state index is 0.196. The van der Waals surface area contributed by atoms with Gasteiger partial charge in [0.2, 0.25) is 0 Å². The Kier molecular flexibility index (Phi) is 4.60. The quantitative estimate of drug-likeness (QED) is 0.838. The summed E-state index contributed by atoms with van der Waals surface area (Å²) in [5, 5.41) is 8.87. The summed E-state index contributed by atoms with van der Waals surface area (Å²) in [6.45, 7) is 0.665. The smallest absolute Gasteiger partial charge is 0.162 e. The van der Waals surface area contributed by atoms with Crippen molar-refractivity contribution in [3.8, 4) is 17.6 Å². The predicted molar refractivity (Wildman–Crippen MR) is 78.0 cm³/mol. The molecule has 1 aromatic rings. The van der Waals surface area contributed by atoms with Crippen LogP contribution in [0.3, 0.4) is 0 Å². The maximum atomic E-state index is 8.87. The van der Waals surface area contributed by atoms with Gasteiger partial charge in [-0.25, -0.2) is 0 Å². The Bertz CT molecular complexity index is 476. The minimum Gasteiger partial charge on any atom is -0.493 e. The number of nitriles is 1. The maximum Gasteiger partial charge on any atom is 0.162 e. The van der Waals surface area contributed by atoms with E-state index in [1.54, 1.807) is 25.3 Å². The number of ether oxygens (including phenoxy) is 2. The lowest BCUT2D eigenvalue weighted by Gasteiger charge is -2.27. The lowest BCUT2D eigenvalue weighted by Crippen LogP contribution is -2.27. The van der Waals surface area contributed by atoms with Crippen LogP contribution in [0.2, 0.25) is 0 Å². The summed E-state index contributed by atoms with van der Waals surface area (Å²) in [6.07, 6.45) is 4.87. The second kappa shape index (κ2) is 6.21. The maximum absolute atomic E-state index is 8.87. The zero-order chi connectivity index (χ0) is 13.7. The molecule has 1 aromatic carbocycles. The molecule has 0 N–H and O–H groups in total. The van der Waals surface area contributed by atoms with Crippen molar-refractivity contribution in [3.05, 3.63) is 23.8 Å². The molecule has 0 amide bonds. The van der Waals surface area contributed by atoms with Crippen LogP contribution in [0.15, 0.2) is 18.2 Å². The predicted octanol–water partition coefficient (Wildman–Crippen LogP) is 3.44. The summed E-state index contributed by atoms with van der Waals surface area (Å²) in [5.41, 5.74) is 0.774. The zero-order valence-electron chi connectivity index (χ0n) is 11.2. The highest BCUT2D eigenvalue weighted by Gasteiger charge is 2.33. The molecule has 2 rings (SSSR count). The van der Waals surface area contributed by atoms with Crippen LogP contribution >= 0.6 is 12.6 Å². The van der Waals surface area contributed by atoms with Crippen molar-refractivity contribution < 1.29 is 9.47 Å². The summed E-state index contributed by atoms with van der Waals surface area (Å²) < 4.78 is 11.2. The van der Waals surface area contributed by atoms with E-state index in [0.29, 0.717) is 23.7 Å². The third-order valence-electron chi connectivity index (χ3n) is 3.83. The first-order valence-electron chi connectivity index (χ1n) is 6.55. The zero-order valence-corrected chi connectivity index (χ0v) is 12.1. The first-order chi connectivity index (χ1) is 9.23. The largest absolute Gasteiger partial charge is 0.493 e. The number of nitrogens with zero attached hydrogens (tertiary/aromatic N) is 1. The minimum atomic E-state index is 0.196. The Morgan fingerprint density at radius 2 is 2.05 bits per heavy atom. The van der Waals surface area contributed by atoms with Crippen molar-refractivity contribution in [2.24, 2.45) is 5.41 Å². The van der Waals surface area contributed by atoms with Crippen LogP contribution in [-0.2, 0) is 0 Å². The van der Waals surface area contributed by atoms with Gasteiger partial charge >= 0.3 is 0 Å². The third kappa shape index (κ3) is 3.16. The molecule has 4 heteroatoms. The molecule has 0 heterocycles. The Hall–Kier alpha value is -1.34. The van der Waals surface area contributed by atoms with Gasteiger partial charge in [-0.05, 0) is 30.7 Å². The van der Waals surface area contributed by atoms with Gasteiger partial charge in [-0.1, -0.05) is 12.8 Å². The molecule has 0 aliphatic heterocycles. The van der Waals surface area contributed by atoms with Gasteiger partial charge in [0.1, 0.15) is 0 Å². The lowest BCUT2D eigenvalue weighted by atomic mass is 9.90. The molecular formula is C15H19NO2S. The monoisotopic (exact) mass is 277 g/mol. The molecular weight excluding hydrogens is 258 g/mol. The van der Waals surface area contributed by atoms with Gasteiger partial charge < -0.3 is 9.47 Å². The highest BCUT2D eigenvalue weighted by molar-refractivity contribution is 7.80. The second-order valence-electron chi connectivity index (χ2n) is 5.13. The summed E-state index contributed by atoms with van der Waals surface area (Å²) in [4.78, 5) is 0. The van der Waals surface area contributed by atoms with Crippen LogP contribution in [0.1, 0.15) is 31.2 Å². The first kappa shape index (κ1) is 14.1. The fraction of sp³-hybridized carbons (Fsp3) is 0.533. The standard InChI is InChI=1S/C15H19NO2S/c1-17-14-8-12(9-16)4-5-13(14)18-10-15(11-19)6-2-3-7-15/h4-5,8,19H,2-3,6-7,10-11H2,1H3. The van der Waals surface area contributed by atoms with E-state index in [1.807, 2.05) is 0 Å². The molecule has 0 aromatic heterocycles. The summed E-state index contributed by atoms with van der Waals surface area (Å²) in [6, 6.07) is 7.36. The van der Waals surface area contributed by atoms with E-state index < -0.39 is 0 Å². The second-order valence-corrected chi connectivity index (χ2v) is 5.45. The molecule has 3 nitrogen and oxygen atoms in total. The highest BCUT2D eigenvalue weighted by Crippen LogP contribution is 2.40. The molecule has 1 fully saturated rings. The molecule has 0 atom stereocenters. The molecule has 19 heavy (non-hydrogen) atoms. The Balaban J connectivity index is 2.09. The molecule has 0 unspecified atom stereocenters. The number of rotatable bonds is 5. The van der Waals surface area contributed by atoms with Gasteiger partial charge in [-0.2, -0.15) is 17.9 Å². The SMILES string of the molecule is COc1cc(C#N)ccc1OCC1(CS)CCCC1. The first-order valence-corrected chi connectivity index (χ1v) is 7.18. The van der Waals surface area contributed by atoms with E-state index in [0.717, 1.165) is 5.75 Å². The Morgan fingerprint density at radius 3 is 2.63 bits per heavy atom. The van der Waals surface area contributed by atoms with Crippen LogP contribution in [-0.4, -0.2) is 19.5 Å². The summed E-state index contributed by atoms with van der Waals surface area (Å²) >= 11 is 4.47. The third-order valence-corrected chi connectivity index (χ3v) is 4.50. The fourth-order valence-electron chi connectivity index (χ4n) is 2.56. The molecule has 1 saturated carbocycles. The molecule has 0 saturated heterocycles. The van der Waals surface area contributed by atoms with Crippen molar-refractivity contribution >= 4 is 12.6 Å². The van der Waals surface area contributed by atoms with Crippen LogP contribution in [0.5, 0.6) is 11.5 Å². The summed E-state index contributed by atoms with van der Waals surface area (Å²) in [7, 11) is 1.59. The van der Waals surface area contributed by atoms with Crippen molar-refractivity contribution in [2.45, 2.75) is 25.7 Å². The van der Waals surface area contributed by atoms with Crippen LogP contribution in [0.25, 0.3) is 0 Å². The van der Waals surface area contributed by atoms with Gasteiger partial charge in [0.15, 0.2) is 11.5 Å². The number of thiol groups is 1. The van der Waals surface area contributed by atoms with Crippen LogP contribution in [0, 0.1) is 16.7 Å². The van der Waals surface area contributed by atoms with Gasteiger partial charge in [0.25, 0.3) is 0 Å². The fourth-order valence-corrected chi connectivity index (χ4v) is 2.97. The molecule has 0 radical (unpaired) electrons. The average molecular weight is 277 g/mol. The van der Waals surface area contributed by atoms with Crippen LogP contribution < -0.4 is 9.47 Å². The Morgan fingerprint density at radius 1 is 1.32 bits per heavy atom. The normalized spacial score (nSPS) is 16.9. The van der Waals surface area contributed by atoms with Crippen molar-refractivity contribution in [3.63, 3.8) is 0 Å². The van der Waals surface area contributed by atoms with Gasteiger partial charge in [-0.3, -0.25) is 0 Å². The van der Waals surface area contributed by atoms with E-state index in [4.69, 9.17) is 14.7 Å². The van der Waals surface area contributed by atoms with Gasteiger partial charge in [-0.15, -0.1) is 0 Å². The van der Waals surface area contributed by atoms with E-state index in [1.165, 1.54) is 25.7 Å².